The lowest BCUT2D eigenvalue weighted by Crippen LogP contribution is -2.42. The summed E-state index contributed by atoms with van der Waals surface area (Å²) in [6.07, 6.45) is 3.07. The molecule has 1 aromatic carbocycles. The normalized spacial score (nSPS) is 18.3. The van der Waals surface area contributed by atoms with Crippen LogP contribution in [0.15, 0.2) is 12.1 Å². The molecule has 1 heterocycles. The molecule has 8 heteroatoms. The maximum atomic E-state index is 12.7. The van der Waals surface area contributed by atoms with Crippen LogP contribution in [-0.4, -0.2) is 55.6 Å². The van der Waals surface area contributed by atoms with Gasteiger partial charge in [-0.25, -0.2) is 0 Å². The SMILES string of the molecule is CCN1CCCC[C@@H](NC(=O)c2cc([N+](=O)[O-])c(NC)cc2OC)C1. The number of hydrogen-bond acceptors (Lipinski definition) is 6. The molecule has 0 aliphatic carbocycles. The molecule has 1 aliphatic rings. The van der Waals surface area contributed by atoms with Crippen LogP contribution in [-0.2, 0) is 0 Å². The minimum absolute atomic E-state index is 0.0303. The quantitative estimate of drug-likeness (QED) is 0.603. The number of rotatable bonds is 6. The van der Waals surface area contributed by atoms with Gasteiger partial charge >= 0.3 is 0 Å². The van der Waals surface area contributed by atoms with E-state index in [1.165, 1.54) is 19.2 Å². The summed E-state index contributed by atoms with van der Waals surface area (Å²) in [5.41, 5.74) is 0.343. The van der Waals surface area contributed by atoms with E-state index in [0.717, 1.165) is 38.9 Å². The average molecular weight is 350 g/mol. The Morgan fingerprint density at radius 1 is 1.44 bits per heavy atom. The van der Waals surface area contributed by atoms with Crippen molar-refractivity contribution in [1.82, 2.24) is 10.2 Å². The van der Waals surface area contributed by atoms with Crippen molar-refractivity contribution in [2.45, 2.75) is 32.2 Å². The van der Waals surface area contributed by atoms with Crippen LogP contribution in [0.1, 0.15) is 36.5 Å². The van der Waals surface area contributed by atoms with Crippen molar-refractivity contribution >= 4 is 17.3 Å². The second-order valence-corrected chi connectivity index (χ2v) is 6.14. The molecule has 0 saturated carbocycles. The van der Waals surface area contributed by atoms with E-state index in [9.17, 15) is 14.9 Å². The molecule has 1 atom stereocenters. The zero-order valence-electron chi connectivity index (χ0n) is 15.0. The van der Waals surface area contributed by atoms with Crippen LogP contribution in [0, 0.1) is 10.1 Å². The van der Waals surface area contributed by atoms with Gasteiger partial charge < -0.3 is 20.3 Å². The Balaban J connectivity index is 2.25. The molecule has 1 fully saturated rings. The number of methoxy groups -OCH3 is 1. The maximum absolute atomic E-state index is 12.7. The Morgan fingerprint density at radius 3 is 2.80 bits per heavy atom. The summed E-state index contributed by atoms with van der Waals surface area (Å²) < 4.78 is 5.27. The standard InChI is InChI=1S/C17H26N4O4/c1-4-20-8-6-5-7-12(11-20)19-17(22)13-9-15(21(23)24)14(18-2)10-16(13)25-3/h9-10,12,18H,4-8,11H2,1-3H3,(H,19,22)/t12-/m1/s1. The Hall–Kier alpha value is -2.35. The van der Waals surface area contributed by atoms with Crippen LogP contribution < -0.4 is 15.4 Å². The molecule has 0 spiro atoms. The number of nitro groups is 1. The Morgan fingerprint density at radius 2 is 2.20 bits per heavy atom. The fraction of sp³-hybridized carbons (Fsp3) is 0.588. The van der Waals surface area contributed by atoms with Gasteiger partial charge in [-0.05, 0) is 25.9 Å². The third-order valence-electron chi connectivity index (χ3n) is 4.57. The summed E-state index contributed by atoms with van der Waals surface area (Å²) in [4.78, 5) is 25.8. The van der Waals surface area contributed by atoms with E-state index in [2.05, 4.69) is 22.5 Å². The number of carbonyl (C=O) groups excluding carboxylic acids is 1. The zero-order chi connectivity index (χ0) is 18.4. The highest BCUT2D eigenvalue weighted by molar-refractivity contribution is 5.99. The maximum Gasteiger partial charge on any atom is 0.293 e. The second kappa shape index (κ2) is 8.66. The fourth-order valence-corrected chi connectivity index (χ4v) is 3.15. The number of nitrogens with zero attached hydrogens (tertiary/aromatic N) is 2. The van der Waals surface area contributed by atoms with Crippen molar-refractivity contribution in [3.05, 3.63) is 27.8 Å². The first-order valence-corrected chi connectivity index (χ1v) is 8.57. The second-order valence-electron chi connectivity index (χ2n) is 6.14. The van der Waals surface area contributed by atoms with Crippen LogP contribution >= 0.6 is 0 Å². The van der Waals surface area contributed by atoms with E-state index in [-0.39, 0.29) is 23.2 Å². The van der Waals surface area contributed by atoms with Gasteiger partial charge in [0.05, 0.1) is 17.6 Å². The van der Waals surface area contributed by atoms with E-state index < -0.39 is 4.92 Å². The minimum Gasteiger partial charge on any atom is -0.496 e. The molecule has 2 N–H and O–H groups in total. The predicted octanol–water partition coefficient (Wildman–Crippen LogP) is 2.25. The van der Waals surface area contributed by atoms with Crippen molar-refractivity contribution in [2.75, 3.05) is 39.1 Å². The highest BCUT2D eigenvalue weighted by Gasteiger charge is 2.25. The van der Waals surface area contributed by atoms with Crippen LogP contribution in [0.3, 0.4) is 0 Å². The van der Waals surface area contributed by atoms with E-state index in [1.54, 1.807) is 7.05 Å². The predicted molar refractivity (Wildman–Crippen MR) is 96.4 cm³/mol. The third kappa shape index (κ3) is 4.60. The average Bonchev–Trinajstić information content (AvgIpc) is 2.85. The molecule has 0 unspecified atom stereocenters. The zero-order valence-corrected chi connectivity index (χ0v) is 15.0. The Bertz CT molecular complexity index is 635. The molecular formula is C17H26N4O4. The highest BCUT2D eigenvalue weighted by Crippen LogP contribution is 2.32. The van der Waals surface area contributed by atoms with Crippen molar-refractivity contribution in [1.29, 1.82) is 0 Å². The number of hydrogen-bond donors (Lipinski definition) is 2. The minimum atomic E-state index is -0.507. The summed E-state index contributed by atoms with van der Waals surface area (Å²) in [6, 6.07) is 2.79. The fourth-order valence-electron chi connectivity index (χ4n) is 3.15. The van der Waals surface area contributed by atoms with E-state index in [1.807, 2.05) is 0 Å². The van der Waals surface area contributed by atoms with Crippen LogP contribution in [0.25, 0.3) is 0 Å². The summed E-state index contributed by atoms with van der Waals surface area (Å²) in [6.45, 7) is 4.88. The molecule has 1 amide bonds. The third-order valence-corrected chi connectivity index (χ3v) is 4.57. The molecule has 1 aliphatic heterocycles. The van der Waals surface area contributed by atoms with E-state index in [4.69, 9.17) is 4.74 Å². The van der Waals surface area contributed by atoms with Crippen LogP contribution in [0.4, 0.5) is 11.4 Å². The first-order chi connectivity index (χ1) is 12.0. The lowest BCUT2D eigenvalue weighted by atomic mass is 10.1. The largest absolute Gasteiger partial charge is 0.496 e. The van der Waals surface area contributed by atoms with Crippen molar-refractivity contribution in [3.8, 4) is 5.75 Å². The molecule has 2 rings (SSSR count). The Labute approximate surface area is 147 Å². The van der Waals surface area contributed by atoms with Gasteiger partial charge in [0.25, 0.3) is 11.6 Å². The molecule has 8 nitrogen and oxygen atoms in total. The van der Waals surface area contributed by atoms with Crippen molar-refractivity contribution in [2.24, 2.45) is 0 Å². The molecule has 0 aromatic heterocycles. The van der Waals surface area contributed by atoms with E-state index >= 15 is 0 Å². The number of ether oxygens (including phenoxy) is 1. The number of likely N-dealkylation sites (tertiary alicyclic amines) is 1. The summed E-state index contributed by atoms with van der Waals surface area (Å²) >= 11 is 0. The number of benzene rings is 1. The van der Waals surface area contributed by atoms with Gasteiger partial charge in [0.2, 0.25) is 0 Å². The van der Waals surface area contributed by atoms with E-state index in [0.29, 0.717) is 11.4 Å². The van der Waals surface area contributed by atoms with Gasteiger partial charge in [-0.1, -0.05) is 13.3 Å². The first-order valence-electron chi connectivity index (χ1n) is 8.57. The van der Waals surface area contributed by atoms with Gasteiger partial charge in [0.1, 0.15) is 11.4 Å². The van der Waals surface area contributed by atoms with Gasteiger partial charge in [-0.3, -0.25) is 14.9 Å². The number of anilines is 1. The molecular weight excluding hydrogens is 324 g/mol. The molecule has 1 aromatic rings. The number of likely N-dealkylation sites (N-methyl/N-ethyl adjacent to an activating group) is 1. The summed E-state index contributed by atoms with van der Waals surface area (Å²) in [5.74, 6) is -0.0287. The topological polar surface area (TPSA) is 96.7 Å². The van der Waals surface area contributed by atoms with Gasteiger partial charge in [-0.2, -0.15) is 0 Å². The molecule has 0 bridgehead atoms. The van der Waals surface area contributed by atoms with Crippen molar-refractivity contribution < 1.29 is 14.5 Å². The highest BCUT2D eigenvalue weighted by atomic mass is 16.6. The summed E-state index contributed by atoms with van der Waals surface area (Å²) in [5, 5.41) is 17.0. The lowest BCUT2D eigenvalue weighted by molar-refractivity contribution is -0.384. The van der Waals surface area contributed by atoms with Crippen LogP contribution in [0.5, 0.6) is 5.75 Å². The first kappa shape index (κ1) is 19.0. The Kier molecular flexibility index (Phi) is 6.58. The lowest BCUT2D eigenvalue weighted by Gasteiger charge is -2.24. The number of carbonyl (C=O) groups is 1. The van der Waals surface area contributed by atoms with Gasteiger partial charge in [0, 0.05) is 31.8 Å². The van der Waals surface area contributed by atoms with Crippen LogP contribution in [0.2, 0.25) is 0 Å². The number of amides is 1. The molecule has 25 heavy (non-hydrogen) atoms. The molecule has 0 radical (unpaired) electrons. The monoisotopic (exact) mass is 350 g/mol. The molecule has 1 saturated heterocycles. The van der Waals surface area contributed by atoms with Gasteiger partial charge in [-0.15, -0.1) is 0 Å². The van der Waals surface area contributed by atoms with Gasteiger partial charge in [0.15, 0.2) is 0 Å². The molecule has 138 valence electrons. The summed E-state index contributed by atoms with van der Waals surface area (Å²) in [7, 11) is 3.04. The van der Waals surface area contributed by atoms with Crippen molar-refractivity contribution in [3.63, 3.8) is 0 Å². The number of nitro benzene ring substituents is 1. The number of nitrogens with one attached hydrogen (secondary N) is 2. The smallest absolute Gasteiger partial charge is 0.293 e.